The molecule has 0 aliphatic carbocycles. The van der Waals surface area contributed by atoms with Crippen molar-refractivity contribution in [2.45, 2.75) is 18.9 Å². The van der Waals surface area contributed by atoms with Crippen molar-refractivity contribution in [3.8, 4) is 0 Å². The number of thiophene rings is 1. The fraction of sp³-hybridized carbons (Fsp3) is 0.500. The van der Waals surface area contributed by atoms with E-state index in [4.69, 9.17) is 11.5 Å². The molecule has 8 heteroatoms. The molecule has 0 bridgehead atoms. The van der Waals surface area contributed by atoms with Gasteiger partial charge in [-0.2, -0.15) is 0 Å². The van der Waals surface area contributed by atoms with E-state index in [0.29, 0.717) is 24.5 Å². The molecule has 1 aliphatic heterocycles. The van der Waals surface area contributed by atoms with E-state index in [9.17, 15) is 14.7 Å². The second-order valence-electron chi connectivity index (χ2n) is 5.05. The standard InChI is InChI=1S/C12H17N3O4S/c1-12(18)3-4-15(5-12)10-6(9(14)16)7(13)8(20-10)11(17)19-2/h18H,3-5,13H2,1-2H3,(H2,14,16). The molecule has 20 heavy (non-hydrogen) atoms. The highest BCUT2D eigenvalue weighted by atomic mass is 32.1. The highest BCUT2D eigenvalue weighted by Crippen LogP contribution is 2.40. The monoisotopic (exact) mass is 299 g/mol. The molecular weight excluding hydrogens is 282 g/mol. The van der Waals surface area contributed by atoms with E-state index in [1.54, 1.807) is 6.92 Å². The largest absolute Gasteiger partial charge is 0.465 e. The van der Waals surface area contributed by atoms with Gasteiger partial charge in [-0.3, -0.25) is 4.79 Å². The predicted molar refractivity (Wildman–Crippen MR) is 76.0 cm³/mol. The van der Waals surface area contributed by atoms with Crippen LogP contribution in [0.4, 0.5) is 10.7 Å². The van der Waals surface area contributed by atoms with Crippen molar-refractivity contribution in [3.63, 3.8) is 0 Å². The molecule has 2 heterocycles. The zero-order chi connectivity index (χ0) is 15.1. The highest BCUT2D eigenvalue weighted by molar-refractivity contribution is 7.19. The number of amides is 1. The molecule has 0 radical (unpaired) electrons. The maximum Gasteiger partial charge on any atom is 0.350 e. The first-order chi connectivity index (χ1) is 9.26. The average molecular weight is 299 g/mol. The van der Waals surface area contributed by atoms with Gasteiger partial charge in [-0.1, -0.05) is 0 Å². The Kier molecular flexibility index (Phi) is 3.61. The first-order valence-electron chi connectivity index (χ1n) is 6.04. The van der Waals surface area contributed by atoms with E-state index in [-0.39, 0.29) is 16.1 Å². The topological polar surface area (TPSA) is 119 Å². The van der Waals surface area contributed by atoms with Crippen molar-refractivity contribution in [2.24, 2.45) is 5.73 Å². The number of nitrogens with zero attached hydrogens (tertiary/aromatic N) is 1. The van der Waals surface area contributed by atoms with Crippen molar-refractivity contribution in [1.29, 1.82) is 0 Å². The lowest BCUT2D eigenvalue weighted by Gasteiger charge is -2.20. The minimum absolute atomic E-state index is 0.0379. The van der Waals surface area contributed by atoms with Crippen molar-refractivity contribution in [1.82, 2.24) is 0 Å². The molecule has 1 saturated heterocycles. The Morgan fingerprint density at radius 1 is 1.50 bits per heavy atom. The number of carbonyl (C=O) groups is 2. The molecule has 1 amide bonds. The van der Waals surface area contributed by atoms with E-state index in [1.165, 1.54) is 7.11 Å². The molecular formula is C12H17N3O4S. The second-order valence-corrected chi connectivity index (χ2v) is 6.05. The van der Waals surface area contributed by atoms with Crippen LogP contribution in [0.2, 0.25) is 0 Å². The lowest BCUT2D eigenvalue weighted by Crippen LogP contribution is -2.30. The maximum absolute atomic E-state index is 11.7. The lowest BCUT2D eigenvalue weighted by atomic mass is 10.1. The molecule has 1 unspecified atom stereocenters. The van der Waals surface area contributed by atoms with Crippen LogP contribution in [0.25, 0.3) is 0 Å². The third-order valence-corrected chi connectivity index (χ3v) is 4.53. The lowest BCUT2D eigenvalue weighted by molar-refractivity contribution is 0.0607. The molecule has 2 rings (SSSR count). The van der Waals surface area contributed by atoms with E-state index in [1.807, 2.05) is 4.90 Å². The number of esters is 1. The van der Waals surface area contributed by atoms with Crippen LogP contribution in [0.15, 0.2) is 0 Å². The smallest absolute Gasteiger partial charge is 0.350 e. The molecule has 1 atom stereocenters. The van der Waals surface area contributed by atoms with Crippen LogP contribution in [0, 0.1) is 0 Å². The predicted octanol–water partition coefficient (Wildman–Crippen LogP) is 0.177. The van der Waals surface area contributed by atoms with Gasteiger partial charge in [0.15, 0.2) is 0 Å². The summed E-state index contributed by atoms with van der Waals surface area (Å²) in [6.07, 6.45) is 0.566. The highest BCUT2D eigenvalue weighted by Gasteiger charge is 2.36. The summed E-state index contributed by atoms with van der Waals surface area (Å²) in [6, 6.07) is 0. The number of anilines is 2. The van der Waals surface area contributed by atoms with Crippen LogP contribution >= 0.6 is 11.3 Å². The zero-order valence-corrected chi connectivity index (χ0v) is 12.1. The summed E-state index contributed by atoms with van der Waals surface area (Å²) in [5.41, 5.74) is 10.5. The summed E-state index contributed by atoms with van der Waals surface area (Å²) in [4.78, 5) is 25.2. The number of rotatable bonds is 3. The number of methoxy groups -OCH3 is 1. The first-order valence-corrected chi connectivity index (χ1v) is 6.86. The third-order valence-electron chi connectivity index (χ3n) is 3.28. The molecule has 7 nitrogen and oxygen atoms in total. The summed E-state index contributed by atoms with van der Waals surface area (Å²) < 4.78 is 4.64. The fourth-order valence-corrected chi connectivity index (χ4v) is 3.42. The molecule has 1 aliphatic rings. The number of primary amides is 1. The van der Waals surface area contributed by atoms with Crippen molar-refractivity contribution < 1.29 is 19.4 Å². The van der Waals surface area contributed by atoms with Gasteiger partial charge < -0.3 is 26.2 Å². The van der Waals surface area contributed by atoms with Crippen LogP contribution in [0.5, 0.6) is 0 Å². The zero-order valence-electron chi connectivity index (χ0n) is 11.3. The van der Waals surface area contributed by atoms with Crippen LogP contribution < -0.4 is 16.4 Å². The number of ether oxygens (including phenoxy) is 1. The van der Waals surface area contributed by atoms with Gasteiger partial charge in [-0.05, 0) is 13.3 Å². The van der Waals surface area contributed by atoms with Gasteiger partial charge in [-0.25, -0.2) is 4.79 Å². The van der Waals surface area contributed by atoms with Gasteiger partial charge >= 0.3 is 5.97 Å². The maximum atomic E-state index is 11.7. The van der Waals surface area contributed by atoms with Crippen LogP contribution in [0.1, 0.15) is 33.4 Å². The Balaban J connectivity index is 2.47. The Labute approximate surface area is 120 Å². The molecule has 0 aromatic carbocycles. The summed E-state index contributed by atoms with van der Waals surface area (Å²) in [5, 5.41) is 10.5. The fourth-order valence-electron chi connectivity index (χ4n) is 2.25. The number of nitrogens with two attached hydrogens (primary N) is 2. The summed E-state index contributed by atoms with van der Waals surface area (Å²) in [5.74, 6) is -1.30. The minimum atomic E-state index is -0.834. The van der Waals surface area contributed by atoms with Gasteiger partial charge in [0, 0.05) is 13.1 Å². The normalized spacial score (nSPS) is 22.1. The van der Waals surface area contributed by atoms with Gasteiger partial charge in [-0.15, -0.1) is 11.3 Å². The van der Waals surface area contributed by atoms with Gasteiger partial charge in [0.25, 0.3) is 5.91 Å². The third kappa shape index (κ3) is 2.44. The Morgan fingerprint density at radius 2 is 2.15 bits per heavy atom. The van der Waals surface area contributed by atoms with Gasteiger partial charge in [0.2, 0.25) is 0 Å². The number of aliphatic hydroxyl groups is 1. The molecule has 5 N–H and O–H groups in total. The van der Waals surface area contributed by atoms with Crippen LogP contribution in [-0.2, 0) is 4.74 Å². The molecule has 1 fully saturated rings. The molecule has 1 aromatic heterocycles. The van der Waals surface area contributed by atoms with E-state index >= 15 is 0 Å². The van der Waals surface area contributed by atoms with Crippen molar-refractivity contribution in [3.05, 3.63) is 10.4 Å². The van der Waals surface area contributed by atoms with E-state index < -0.39 is 17.5 Å². The van der Waals surface area contributed by atoms with E-state index in [0.717, 1.165) is 11.3 Å². The summed E-state index contributed by atoms with van der Waals surface area (Å²) in [6.45, 7) is 2.64. The molecule has 0 spiro atoms. The van der Waals surface area contributed by atoms with E-state index in [2.05, 4.69) is 4.74 Å². The Morgan fingerprint density at radius 3 is 2.60 bits per heavy atom. The van der Waals surface area contributed by atoms with Crippen molar-refractivity contribution in [2.75, 3.05) is 30.8 Å². The summed E-state index contributed by atoms with van der Waals surface area (Å²) >= 11 is 1.06. The average Bonchev–Trinajstić information content (AvgIpc) is 2.88. The molecule has 0 saturated carbocycles. The Hall–Kier alpha value is -1.80. The number of β-amino-alcohol motifs (C(OH)–C–C–N with tert-alkyl or cyclic N) is 1. The molecule has 1 aromatic rings. The minimum Gasteiger partial charge on any atom is -0.465 e. The first kappa shape index (κ1) is 14.6. The number of nitrogen functional groups attached to an aromatic ring is 1. The number of carbonyl (C=O) groups excluding carboxylic acids is 2. The van der Waals surface area contributed by atoms with Crippen molar-refractivity contribution >= 4 is 33.9 Å². The summed E-state index contributed by atoms with van der Waals surface area (Å²) in [7, 11) is 1.24. The second kappa shape index (κ2) is 4.95. The molecule has 110 valence electrons. The number of hydrogen-bond acceptors (Lipinski definition) is 7. The Bertz CT molecular complexity index is 567. The number of hydrogen-bond donors (Lipinski definition) is 3. The van der Waals surface area contributed by atoms with Crippen LogP contribution in [-0.4, -0.2) is 42.8 Å². The SMILES string of the molecule is COC(=O)c1sc(N2CCC(C)(O)C2)c(C(N)=O)c1N. The van der Waals surface area contributed by atoms with Gasteiger partial charge in [0.05, 0.1) is 24.0 Å². The quantitative estimate of drug-likeness (QED) is 0.685. The van der Waals surface area contributed by atoms with Gasteiger partial charge in [0.1, 0.15) is 9.88 Å². The van der Waals surface area contributed by atoms with Crippen LogP contribution in [0.3, 0.4) is 0 Å².